The molecule has 0 aromatic carbocycles. The Morgan fingerprint density at radius 1 is 1.11 bits per heavy atom. The summed E-state index contributed by atoms with van der Waals surface area (Å²) in [5.74, 6) is 1.43. The zero-order valence-electron chi connectivity index (χ0n) is 16.9. The minimum Gasteiger partial charge on any atom is -0.390 e. The topological polar surface area (TPSA) is 74.6 Å². The molecule has 27 heavy (non-hydrogen) atoms. The third kappa shape index (κ3) is 2.70. The summed E-state index contributed by atoms with van der Waals surface area (Å²) in [6.07, 6.45) is 6.63. The molecule has 2 unspecified atom stereocenters. The second kappa shape index (κ2) is 6.52. The van der Waals surface area contributed by atoms with Gasteiger partial charge in [-0.05, 0) is 73.7 Å². The van der Waals surface area contributed by atoms with E-state index in [2.05, 4.69) is 13.8 Å². The molecule has 4 nitrogen and oxygen atoms in total. The van der Waals surface area contributed by atoms with E-state index < -0.39 is 12.2 Å². The van der Waals surface area contributed by atoms with Gasteiger partial charge < -0.3 is 10.2 Å². The Morgan fingerprint density at radius 2 is 1.85 bits per heavy atom. The average Bonchev–Trinajstić information content (AvgIpc) is 2.92. The molecule has 0 aromatic heterocycles. The number of fused-ring (bicyclic) bond motifs is 5. The summed E-state index contributed by atoms with van der Waals surface area (Å²) in [5, 5.41) is 21.2. The largest absolute Gasteiger partial charge is 0.390 e. The maximum absolute atomic E-state index is 13.0. The molecule has 0 heterocycles. The zero-order valence-corrected chi connectivity index (χ0v) is 16.9. The third-order valence-corrected chi connectivity index (χ3v) is 8.98. The van der Waals surface area contributed by atoms with Crippen LogP contribution in [0.4, 0.5) is 0 Å². The first-order valence-corrected chi connectivity index (χ1v) is 10.9. The van der Waals surface area contributed by atoms with E-state index in [1.165, 1.54) is 5.57 Å². The van der Waals surface area contributed by atoms with E-state index in [1.54, 1.807) is 0 Å². The normalized spacial score (nSPS) is 46.2. The van der Waals surface area contributed by atoms with Gasteiger partial charge in [0.05, 0.1) is 12.2 Å². The van der Waals surface area contributed by atoms with Crippen molar-refractivity contribution < 1.29 is 19.8 Å². The van der Waals surface area contributed by atoms with Crippen molar-refractivity contribution in [1.29, 1.82) is 0 Å². The minimum absolute atomic E-state index is 0.0582. The van der Waals surface area contributed by atoms with E-state index in [9.17, 15) is 19.8 Å². The lowest BCUT2D eigenvalue weighted by atomic mass is 9.46. The number of carbonyl (C=O) groups excluding carboxylic acids is 2. The molecule has 0 saturated heterocycles. The number of ketones is 2. The highest BCUT2D eigenvalue weighted by molar-refractivity contribution is 5.91. The Kier molecular flexibility index (Phi) is 4.67. The van der Waals surface area contributed by atoms with Gasteiger partial charge in [0.25, 0.3) is 0 Å². The number of aliphatic hydroxyl groups is 2. The maximum atomic E-state index is 13.0. The van der Waals surface area contributed by atoms with Gasteiger partial charge >= 0.3 is 0 Å². The van der Waals surface area contributed by atoms with Crippen LogP contribution in [0.2, 0.25) is 0 Å². The SMILES string of the molecule is CCC(O)C(O)[C@@H]1CC(=O)[C@@]2(C)CC[C@H]3[C@@H](CCC4=CC(=O)CC[C@@]43C)[C@H]12. The quantitative estimate of drug-likeness (QED) is 0.793. The van der Waals surface area contributed by atoms with E-state index in [4.69, 9.17) is 0 Å². The van der Waals surface area contributed by atoms with Crippen molar-refractivity contribution in [1.82, 2.24) is 0 Å². The Balaban J connectivity index is 1.70. The Labute approximate surface area is 162 Å². The highest BCUT2D eigenvalue weighted by Crippen LogP contribution is 2.66. The van der Waals surface area contributed by atoms with Crippen molar-refractivity contribution in [3.8, 4) is 0 Å². The van der Waals surface area contributed by atoms with Crippen LogP contribution < -0.4 is 0 Å². The highest BCUT2D eigenvalue weighted by Gasteiger charge is 2.63. The predicted molar refractivity (Wildman–Crippen MR) is 103 cm³/mol. The smallest absolute Gasteiger partial charge is 0.155 e. The first-order valence-electron chi connectivity index (χ1n) is 10.9. The van der Waals surface area contributed by atoms with Gasteiger partial charge in [-0.15, -0.1) is 0 Å². The van der Waals surface area contributed by atoms with Crippen LogP contribution in [0.5, 0.6) is 0 Å². The highest BCUT2D eigenvalue weighted by atomic mass is 16.3. The monoisotopic (exact) mass is 374 g/mol. The first kappa shape index (κ1) is 19.3. The molecule has 4 heteroatoms. The van der Waals surface area contributed by atoms with Gasteiger partial charge in [-0.2, -0.15) is 0 Å². The summed E-state index contributed by atoms with van der Waals surface area (Å²) in [6.45, 7) is 6.32. The second-order valence-corrected chi connectivity index (χ2v) is 10.1. The summed E-state index contributed by atoms with van der Waals surface area (Å²) in [5.41, 5.74) is 1.02. The van der Waals surface area contributed by atoms with E-state index in [1.807, 2.05) is 13.0 Å². The Bertz CT molecular complexity index is 682. The van der Waals surface area contributed by atoms with Gasteiger partial charge in [0, 0.05) is 18.3 Å². The molecule has 0 aromatic rings. The fourth-order valence-corrected chi connectivity index (χ4v) is 7.36. The van der Waals surface area contributed by atoms with E-state index in [0.717, 1.165) is 32.1 Å². The second-order valence-electron chi connectivity index (χ2n) is 10.1. The van der Waals surface area contributed by atoms with Crippen molar-refractivity contribution in [2.45, 2.75) is 84.3 Å². The Morgan fingerprint density at radius 3 is 2.56 bits per heavy atom. The van der Waals surface area contributed by atoms with Crippen LogP contribution in [0.25, 0.3) is 0 Å². The molecule has 3 fully saturated rings. The average molecular weight is 375 g/mol. The Hall–Kier alpha value is -1.00. The predicted octanol–water partition coefficient (Wildman–Crippen LogP) is 3.45. The molecule has 0 aliphatic heterocycles. The number of rotatable bonds is 3. The van der Waals surface area contributed by atoms with Crippen LogP contribution in [-0.2, 0) is 9.59 Å². The van der Waals surface area contributed by atoms with Gasteiger partial charge in [-0.3, -0.25) is 9.59 Å². The molecule has 4 aliphatic carbocycles. The van der Waals surface area contributed by atoms with Crippen molar-refractivity contribution in [3.05, 3.63) is 11.6 Å². The molecule has 0 radical (unpaired) electrons. The fraction of sp³-hybridized carbons (Fsp3) is 0.826. The van der Waals surface area contributed by atoms with Gasteiger partial charge in [0.1, 0.15) is 5.78 Å². The van der Waals surface area contributed by atoms with E-state index >= 15 is 0 Å². The molecule has 3 saturated carbocycles. The molecule has 4 aliphatic rings. The summed E-state index contributed by atoms with van der Waals surface area (Å²) in [7, 11) is 0. The fourth-order valence-electron chi connectivity index (χ4n) is 7.36. The van der Waals surface area contributed by atoms with E-state index in [-0.39, 0.29) is 34.2 Å². The number of carbonyl (C=O) groups is 2. The number of Topliss-reactive ketones (excluding diaryl/α,β-unsaturated/α-hetero) is 1. The third-order valence-electron chi connectivity index (χ3n) is 8.98. The van der Waals surface area contributed by atoms with Crippen LogP contribution in [0.3, 0.4) is 0 Å². The summed E-state index contributed by atoms with van der Waals surface area (Å²) in [6, 6.07) is 0. The van der Waals surface area contributed by atoms with Crippen LogP contribution in [-0.4, -0.2) is 34.0 Å². The molecule has 0 bridgehead atoms. The van der Waals surface area contributed by atoms with Gasteiger partial charge in [0.2, 0.25) is 0 Å². The molecular weight excluding hydrogens is 340 g/mol. The molecule has 0 spiro atoms. The van der Waals surface area contributed by atoms with Crippen molar-refractivity contribution in [3.63, 3.8) is 0 Å². The van der Waals surface area contributed by atoms with Gasteiger partial charge in [-0.25, -0.2) is 0 Å². The van der Waals surface area contributed by atoms with Crippen LogP contribution >= 0.6 is 0 Å². The number of hydrogen-bond acceptors (Lipinski definition) is 4. The number of allylic oxidation sites excluding steroid dienone is 1. The molecule has 0 amide bonds. The van der Waals surface area contributed by atoms with Crippen LogP contribution in [0, 0.1) is 34.5 Å². The minimum atomic E-state index is -0.817. The van der Waals surface area contributed by atoms with Crippen molar-refractivity contribution >= 4 is 11.6 Å². The summed E-state index contributed by atoms with van der Waals surface area (Å²) in [4.78, 5) is 25.0. The van der Waals surface area contributed by atoms with Crippen LogP contribution in [0.15, 0.2) is 11.6 Å². The number of aliphatic hydroxyl groups excluding tert-OH is 2. The lowest BCUT2D eigenvalue weighted by molar-refractivity contribution is -0.134. The molecule has 4 rings (SSSR count). The maximum Gasteiger partial charge on any atom is 0.155 e. The molecule has 150 valence electrons. The lowest BCUT2D eigenvalue weighted by Crippen LogP contribution is -2.53. The zero-order chi connectivity index (χ0) is 19.6. The lowest BCUT2D eigenvalue weighted by Gasteiger charge is -2.58. The van der Waals surface area contributed by atoms with Crippen LogP contribution in [0.1, 0.15) is 72.1 Å². The standard InChI is InChI=1S/C23H34O4/c1-4-18(25)21(27)16-12-19(26)23(3)10-8-17-15(20(16)23)6-5-13-11-14(24)7-9-22(13,17)2/h11,15-18,20-21,25,27H,4-10,12H2,1-3H3/t15-,16-,17+,18?,20-,21?,22+,23-/m1/s1. The van der Waals surface area contributed by atoms with Gasteiger partial charge in [0.15, 0.2) is 5.78 Å². The van der Waals surface area contributed by atoms with Crippen molar-refractivity contribution in [2.24, 2.45) is 34.5 Å². The first-order chi connectivity index (χ1) is 12.7. The van der Waals surface area contributed by atoms with E-state index in [0.29, 0.717) is 31.1 Å². The summed E-state index contributed by atoms with van der Waals surface area (Å²) >= 11 is 0. The molecule has 8 atom stereocenters. The molecule has 2 N–H and O–H groups in total. The molecular formula is C23H34O4. The van der Waals surface area contributed by atoms with Gasteiger partial charge in [-0.1, -0.05) is 26.3 Å². The van der Waals surface area contributed by atoms with Crippen molar-refractivity contribution in [2.75, 3.05) is 0 Å². The summed E-state index contributed by atoms with van der Waals surface area (Å²) < 4.78 is 0. The number of hydrogen-bond donors (Lipinski definition) is 2.